The highest BCUT2D eigenvalue weighted by Crippen LogP contribution is 2.47. The number of allylic oxidation sites excluding steroid dienone is 2. The van der Waals surface area contributed by atoms with Crippen LogP contribution in [0.2, 0.25) is 18.1 Å². The van der Waals surface area contributed by atoms with Gasteiger partial charge in [0.1, 0.15) is 5.75 Å². The SMILES string of the molecule is C=CCC(C)(C)C(CC/C(C)=C/[C@H]1[C@H](O[Si](C)(C)C(C)(C)C)[C@@H](C)C[C@]1(O)CO)OCc1ccc(OC)cc1. The second-order valence-corrected chi connectivity index (χ2v) is 18.7. The van der Waals surface area contributed by atoms with Crippen LogP contribution in [-0.4, -0.2) is 50.1 Å². The third-order valence-corrected chi connectivity index (χ3v) is 13.6. The molecule has 0 heterocycles. The summed E-state index contributed by atoms with van der Waals surface area (Å²) >= 11 is 0. The Labute approximate surface area is 239 Å². The number of aliphatic hydroxyl groups is 2. The van der Waals surface area contributed by atoms with Crippen molar-refractivity contribution < 1.29 is 24.1 Å². The molecule has 0 aromatic heterocycles. The summed E-state index contributed by atoms with van der Waals surface area (Å²) in [5.74, 6) is 0.756. The molecule has 0 bridgehead atoms. The Morgan fingerprint density at radius 3 is 2.31 bits per heavy atom. The van der Waals surface area contributed by atoms with E-state index in [4.69, 9.17) is 13.9 Å². The minimum atomic E-state index is -2.06. The Hall–Kier alpha value is -1.44. The number of hydrogen-bond acceptors (Lipinski definition) is 5. The van der Waals surface area contributed by atoms with E-state index in [2.05, 4.69) is 74.2 Å². The maximum absolute atomic E-state index is 11.5. The van der Waals surface area contributed by atoms with Gasteiger partial charge in [0.25, 0.3) is 0 Å². The van der Waals surface area contributed by atoms with Crippen LogP contribution in [-0.2, 0) is 15.8 Å². The maximum atomic E-state index is 11.5. The van der Waals surface area contributed by atoms with E-state index in [9.17, 15) is 10.2 Å². The molecule has 0 saturated heterocycles. The van der Waals surface area contributed by atoms with Crippen LogP contribution in [0.4, 0.5) is 0 Å². The van der Waals surface area contributed by atoms with Crippen molar-refractivity contribution in [3.8, 4) is 5.75 Å². The van der Waals surface area contributed by atoms with Gasteiger partial charge in [-0.3, -0.25) is 0 Å². The fourth-order valence-corrected chi connectivity index (χ4v) is 6.88. The largest absolute Gasteiger partial charge is 0.497 e. The van der Waals surface area contributed by atoms with Gasteiger partial charge in [-0.15, -0.1) is 6.58 Å². The normalized spacial score (nSPS) is 25.5. The zero-order chi connectivity index (χ0) is 29.6. The lowest BCUT2D eigenvalue weighted by molar-refractivity contribution is -0.0461. The summed E-state index contributed by atoms with van der Waals surface area (Å²) < 4.78 is 18.7. The van der Waals surface area contributed by atoms with Crippen molar-refractivity contribution in [2.24, 2.45) is 17.3 Å². The molecule has 1 unspecified atom stereocenters. The fourth-order valence-electron chi connectivity index (χ4n) is 5.47. The molecule has 2 N–H and O–H groups in total. The first-order valence-corrected chi connectivity index (χ1v) is 17.4. The van der Waals surface area contributed by atoms with Gasteiger partial charge in [0.05, 0.1) is 38.1 Å². The van der Waals surface area contributed by atoms with E-state index in [1.54, 1.807) is 7.11 Å². The van der Waals surface area contributed by atoms with Crippen LogP contribution in [0.25, 0.3) is 0 Å². The van der Waals surface area contributed by atoms with E-state index < -0.39 is 13.9 Å². The molecule has 1 saturated carbocycles. The van der Waals surface area contributed by atoms with Crippen LogP contribution < -0.4 is 4.74 Å². The first kappa shape index (κ1) is 33.8. The molecule has 222 valence electrons. The molecule has 39 heavy (non-hydrogen) atoms. The van der Waals surface area contributed by atoms with Crippen molar-refractivity contribution in [3.05, 3.63) is 54.1 Å². The summed E-state index contributed by atoms with van der Waals surface area (Å²) in [6.07, 6.45) is 7.15. The summed E-state index contributed by atoms with van der Waals surface area (Å²) in [5.41, 5.74) is 1.06. The molecule has 1 aliphatic rings. The number of ether oxygens (including phenoxy) is 2. The molecule has 0 aliphatic heterocycles. The van der Waals surface area contributed by atoms with Crippen LogP contribution in [0.5, 0.6) is 5.75 Å². The standard InChI is InChI=1S/C33H56O5Si/c1-12-19-32(7,8)29(37-22-26-14-16-27(36-9)17-15-26)18-13-24(2)20-28-30(25(3)21-33(28,35)23-34)38-39(10,11)31(4,5)6/h12,14-17,20,25,28-30,34-35H,1,13,18-19,21-23H2,2-11H3/b24-20+/t25-,28-,29?,30+,33-/m0/s1. The van der Waals surface area contributed by atoms with Gasteiger partial charge < -0.3 is 24.1 Å². The predicted molar refractivity (Wildman–Crippen MR) is 165 cm³/mol. The van der Waals surface area contributed by atoms with Gasteiger partial charge in [0.15, 0.2) is 8.32 Å². The van der Waals surface area contributed by atoms with Gasteiger partial charge in [0, 0.05) is 5.92 Å². The van der Waals surface area contributed by atoms with Crippen LogP contribution in [0.3, 0.4) is 0 Å². The number of aliphatic hydroxyl groups excluding tert-OH is 1. The zero-order valence-electron chi connectivity index (χ0n) is 26.3. The molecule has 5 nitrogen and oxygen atoms in total. The van der Waals surface area contributed by atoms with Gasteiger partial charge in [0.2, 0.25) is 0 Å². The van der Waals surface area contributed by atoms with Crippen LogP contribution in [0, 0.1) is 17.3 Å². The van der Waals surface area contributed by atoms with E-state index in [0.717, 1.165) is 30.6 Å². The zero-order valence-corrected chi connectivity index (χ0v) is 27.3. The van der Waals surface area contributed by atoms with Crippen LogP contribution in [0.1, 0.15) is 79.7 Å². The number of benzene rings is 1. The molecule has 0 radical (unpaired) electrons. The molecule has 1 aromatic carbocycles. The van der Waals surface area contributed by atoms with Crippen molar-refractivity contribution >= 4 is 8.32 Å². The third-order valence-electron chi connectivity index (χ3n) is 9.14. The molecule has 6 heteroatoms. The van der Waals surface area contributed by atoms with Gasteiger partial charge in [-0.25, -0.2) is 0 Å². The smallest absolute Gasteiger partial charge is 0.192 e. The number of rotatable bonds is 14. The second kappa shape index (κ2) is 13.5. The molecule has 5 atom stereocenters. The Morgan fingerprint density at radius 2 is 1.79 bits per heavy atom. The van der Waals surface area contributed by atoms with Crippen molar-refractivity contribution in [3.63, 3.8) is 0 Å². The van der Waals surface area contributed by atoms with Crippen molar-refractivity contribution in [2.45, 2.75) is 117 Å². The lowest BCUT2D eigenvalue weighted by Gasteiger charge is -2.41. The van der Waals surface area contributed by atoms with E-state index in [0.29, 0.717) is 13.0 Å². The van der Waals surface area contributed by atoms with E-state index in [1.165, 1.54) is 5.57 Å². The van der Waals surface area contributed by atoms with E-state index >= 15 is 0 Å². The lowest BCUT2D eigenvalue weighted by atomic mass is 9.80. The van der Waals surface area contributed by atoms with E-state index in [1.807, 2.05) is 30.3 Å². The van der Waals surface area contributed by atoms with Gasteiger partial charge in [-0.05, 0) is 79.8 Å². The van der Waals surface area contributed by atoms with Gasteiger partial charge >= 0.3 is 0 Å². The minimum Gasteiger partial charge on any atom is -0.497 e. The molecule has 0 spiro atoms. The predicted octanol–water partition coefficient (Wildman–Crippen LogP) is 7.68. The second-order valence-electron chi connectivity index (χ2n) is 14.0. The summed E-state index contributed by atoms with van der Waals surface area (Å²) in [6.45, 7) is 24.2. The molecule has 1 aliphatic carbocycles. The Kier molecular flexibility index (Phi) is 11.7. The van der Waals surface area contributed by atoms with Crippen molar-refractivity contribution in [2.75, 3.05) is 13.7 Å². The van der Waals surface area contributed by atoms with Crippen LogP contribution in [0.15, 0.2) is 48.6 Å². The Balaban J connectivity index is 2.22. The molecular formula is C33H56O5Si. The molecule has 1 fully saturated rings. The summed E-state index contributed by atoms with van der Waals surface area (Å²) in [5, 5.41) is 21.8. The van der Waals surface area contributed by atoms with Gasteiger partial charge in [-0.2, -0.15) is 0 Å². The molecule has 1 aromatic rings. The highest BCUT2D eigenvalue weighted by Gasteiger charge is 2.53. The minimum absolute atomic E-state index is 0.0273. The Bertz CT molecular complexity index is 946. The van der Waals surface area contributed by atoms with Gasteiger partial charge in [-0.1, -0.05) is 71.4 Å². The number of hydrogen-bond donors (Lipinski definition) is 2. The van der Waals surface area contributed by atoms with E-state index in [-0.39, 0.29) is 41.1 Å². The summed E-state index contributed by atoms with van der Waals surface area (Å²) in [7, 11) is -0.387. The molecule has 2 rings (SSSR count). The highest BCUT2D eigenvalue weighted by molar-refractivity contribution is 6.74. The topological polar surface area (TPSA) is 68.2 Å². The first-order chi connectivity index (χ1) is 18.0. The average Bonchev–Trinajstić information content (AvgIpc) is 3.07. The lowest BCUT2D eigenvalue weighted by Crippen LogP contribution is -2.48. The first-order valence-electron chi connectivity index (χ1n) is 14.5. The fraction of sp³-hybridized carbons (Fsp3) is 0.697. The van der Waals surface area contributed by atoms with Crippen molar-refractivity contribution in [1.29, 1.82) is 0 Å². The number of methoxy groups -OCH3 is 1. The third kappa shape index (κ3) is 8.77. The Morgan fingerprint density at radius 1 is 1.18 bits per heavy atom. The quantitative estimate of drug-likeness (QED) is 0.180. The highest BCUT2D eigenvalue weighted by atomic mass is 28.4. The maximum Gasteiger partial charge on any atom is 0.192 e. The van der Waals surface area contributed by atoms with Crippen molar-refractivity contribution in [1.82, 2.24) is 0 Å². The average molecular weight is 561 g/mol. The summed E-state index contributed by atoms with van der Waals surface area (Å²) in [4.78, 5) is 0. The van der Waals surface area contributed by atoms with Crippen LogP contribution >= 0.6 is 0 Å². The molecular weight excluding hydrogens is 504 g/mol. The summed E-state index contributed by atoms with van der Waals surface area (Å²) in [6, 6.07) is 8.01. The molecule has 0 amide bonds. The monoisotopic (exact) mass is 560 g/mol.